The molecule has 0 aromatic heterocycles. The minimum Gasteiger partial charge on any atom is -0.461 e. The van der Waals surface area contributed by atoms with E-state index < -0.39 is 0 Å². The van der Waals surface area contributed by atoms with Gasteiger partial charge in [0.2, 0.25) is 0 Å². The van der Waals surface area contributed by atoms with E-state index >= 15 is 0 Å². The van der Waals surface area contributed by atoms with Crippen LogP contribution in [0, 0.1) is 0 Å². The molecule has 2 aliphatic carbocycles. The third kappa shape index (κ3) is 3.14. The number of rotatable bonds is 6. The first kappa shape index (κ1) is 20.4. The van der Waals surface area contributed by atoms with Crippen LogP contribution in [0.15, 0.2) is 91.0 Å². The van der Waals surface area contributed by atoms with E-state index in [1.807, 2.05) is 60.7 Å². The first-order valence-electron chi connectivity index (χ1n) is 11.3. The molecule has 1 unspecified atom stereocenters. The molecular weight excluding hydrogens is 424 g/mol. The molecule has 4 aromatic carbocycles. The molecule has 0 fully saturated rings. The zero-order valence-electron chi connectivity index (χ0n) is 18.4. The van der Waals surface area contributed by atoms with Crippen LogP contribution in [0.25, 0.3) is 22.3 Å². The minimum absolute atomic E-state index is 0.00546. The van der Waals surface area contributed by atoms with Crippen LogP contribution in [0.2, 0.25) is 0 Å². The Labute approximate surface area is 197 Å². The fourth-order valence-electron chi connectivity index (χ4n) is 5.52. The number of hydrogen-bond donors (Lipinski definition) is 0. The summed E-state index contributed by atoms with van der Waals surface area (Å²) in [5, 5.41) is 0. The molecule has 0 amide bonds. The summed E-state index contributed by atoms with van der Waals surface area (Å²) >= 11 is 0. The third-order valence-corrected chi connectivity index (χ3v) is 6.95. The van der Waals surface area contributed by atoms with Gasteiger partial charge in [-0.1, -0.05) is 84.9 Å². The molecule has 4 heteroatoms. The summed E-state index contributed by atoms with van der Waals surface area (Å²) in [6.07, 6.45) is 0. The maximum Gasteiger partial charge on any atom is 0.417 e. The maximum atomic E-state index is 13.4. The van der Waals surface area contributed by atoms with Crippen molar-refractivity contribution in [1.29, 1.82) is 0 Å². The Bertz CT molecular complexity index is 1380. The Balaban J connectivity index is 1.32. The Morgan fingerprint density at radius 2 is 1.18 bits per heavy atom. The van der Waals surface area contributed by atoms with Gasteiger partial charge in [-0.25, -0.2) is 9.59 Å². The lowest BCUT2D eigenvalue weighted by Gasteiger charge is -2.17. The molecule has 4 aromatic rings. The first-order chi connectivity index (χ1) is 16.8. The van der Waals surface area contributed by atoms with E-state index in [4.69, 9.17) is 9.47 Å². The Kier molecular flexibility index (Phi) is 4.99. The van der Waals surface area contributed by atoms with Crippen LogP contribution < -0.4 is 0 Å². The van der Waals surface area contributed by atoms with Crippen molar-refractivity contribution in [1.82, 2.24) is 0 Å². The highest BCUT2D eigenvalue weighted by Gasteiger charge is 2.34. The van der Waals surface area contributed by atoms with E-state index in [1.54, 1.807) is 6.07 Å². The van der Waals surface area contributed by atoms with Crippen molar-refractivity contribution in [2.75, 3.05) is 13.2 Å². The van der Waals surface area contributed by atoms with E-state index in [0.717, 1.165) is 22.3 Å². The van der Waals surface area contributed by atoms with E-state index in [0.29, 0.717) is 5.56 Å². The second kappa shape index (κ2) is 8.31. The molecule has 1 radical (unpaired) electrons. The normalized spacial score (nSPS) is 15.1. The van der Waals surface area contributed by atoms with Gasteiger partial charge >= 0.3 is 12.4 Å². The van der Waals surface area contributed by atoms with Gasteiger partial charge < -0.3 is 9.47 Å². The number of esters is 1. The first-order valence-corrected chi connectivity index (χ1v) is 11.3. The van der Waals surface area contributed by atoms with Crippen molar-refractivity contribution < 1.29 is 19.1 Å². The highest BCUT2D eigenvalue weighted by Crippen LogP contribution is 2.47. The van der Waals surface area contributed by atoms with E-state index in [9.17, 15) is 9.59 Å². The van der Waals surface area contributed by atoms with Gasteiger partial charge in [0.15, 0.2) is 0 Å². The number of ether oxygens (including phenoxy) is 2. The lowest BCUT2D eigenvalue weighted by molar-refractivity contribution is 0.0492. The van der Waals surface area contributed by atoms with Gasteiger partial charge in [0, 0.05) is 11.8 Å². The van der Waals surface area contributed by atoms with Gasteiger partial charge in [-0.2, -0.15) is 0 Å². The molecule has 0 N–H and O–H groups in total. The summed E-state index contributed by atoms with van der Waals surface area (Å²) in [5.41, 5.74) is 9.14. The summed E-state index contributed by atoms with van der Waals surface area (Å²) in [6, 6.07) is 30.2. The standard InChI is InChI=1S/C30H21O4/c31-18-33-16-28-24-13-6-3-10-21(24)25-14-7-15-26(29(25)28)30(32)34-17-27-22-11-4-1-8-19(22)20-9-2-5-12-23(20)27/h1-15,27-28H,16-17H2. The lowest BCUT2D eigenvalue weighted by Crippen LogP contribution is -2.16. The molecule has 165 valence electrons. The summed E-state index contributed by atoms with van der Waals surface area (Å²) in [7, 11) is 0. The Hall–Kier alpha value is -4.18. The lowest BCUT2D eigenvalue weighted by atomic mass is 9.93. The van der Waals surface area contributed by atoms with Crippen LogP contribution in [0.1, 0.15) is 44.4 Å². The fourth-order valence-corrected chi connectivity index (χ4v) is 5.52. The predicted octanol–water partition coefficient (Wildman–Crippen LogP) is 5.85. The number of fused-ring (bicyclic) bond motifs is 6. The smallest absolute Gasteiger partial charge is 0.417 e. The van der Waals surface area contributed by atoms with Crippen LogP contribution >= 0.6 is 0 Å². The van der Waals surface area contributed by atoms with Crippen LogP contribution in [0.3, 0.4) is 0 Å². The number of carbonyl (C=O) groups excluding carboxylic acids is 2. The molecular formula is C30H21O4. The molecule has 34 heavy (non-hydrogen) atoms. The number of benzene rings is 4. The van der Waals surface area contributed by atoms with E-state index in [-0.39, 0.29) is 31.0 Å². The molecule has 1 atom stereocenters. The molecule has 4 nitrogen and oxygen atoms in total. The molecule has 0 heterocycles. The summed E-state index contributed by atoms with van der Waals surface area (Å²) in [5.74, 6) is -0.606. The van der Waals surface area contributed by atoms with Crippen molar-refractivity contribution >= 4 is 12.4 Å². The van der Waals surface area contributed by atoms with Crippen molar-refractivity contribution in [3.05, 3.63) is 119 Å². The van der Waals surface area contributed by atoms with Crippen LogP contribution in [-0.4, -0.2) is 25.7 Å². The Morgan fingerprint density at radius 1 is 0.647 bits per heavy atom. The average Bonchev–Trinajstić information content (AvgIpc) is 3.39. The quantitative estimate of drug-likeness (QED) is 0.349. The summed E-state index contributed by atoms with van der Waals surface area (Å²) in [6.45, 7) is 1.90. The third-order valence-electron chi connectivity index (χ3n) is 6.95. The van der Waals surface area contributed by atoms with Crippen LogP contribution in [0.4, 0.5) is 0 Å². The van der Waals surface area contributed by atoms with Gasteiger partial charge in [0.25, 0.3) is 0 Å². The van der Waals surface area contributed by atoms with Crippen molar-refractivity contribution in [2.45, 2.75) is 11.8 Å². The maximum absolute atomic E-state index is 13.4. The minimum atomic E-state index is -0.369. The second-order valence-electron chi connectivity index (χ2n) is 8.63. The van der Waals surface area contributed by atoms with Gasteiger partial charge in [0.1, 0.15) is 13.2 Å². The van der Waals surface area contributed by atoms with Gasteiger partial charge in [-0.3, -0.25) is 0 Å². The molecule has 0 saturated carbocycles. The molecule has 6 rings (SSSR count). The molecule has 2 aliphatic rings. The molecule has 0 bridgehead atoms. The van der Waals surface area contributed by atoms with Gasteiger partial charge in [0.05, 0.1) is 5.56 Å². The van der Waals surface area contributed by atoms with Crippen molar-refractivity contribution in [2.24, 2.45) is 0 Å². The highest BCUT2D eigenvalue weighted by atomic mass is 16.5. The SMILES string of the molecule is O=[C]OCC1c2ccccc2-c2cccc(C(=O)OCC3c4ccccc4-c4ccccc43)c21. The summed E-state index contributed by atoms with van der Waals surface area (Å²) < 4.78 is 11.0. The average molecular weight is 445 g/mol. The van der Waals surface area contributed by atoms with E-state index in [2.05, 4.69) is 24.3 Å². The van der Waals surface area contributed by atoms with Crippen LogP contribution in [0.5, 0.6) is 0 Å². The largest absolute Gasteiger partial charge is 0.461 e. The second-order valence-corrected chi connectivity index (χ2v) is 8.63. The van der Waals surface area contributed by atoms with Gasteiger partial charge in [-0.15, -0.1) is 0 Å². The number of carbonyl (C=O) groups is 1. The predicted molar refractivity (Wildman–Crippen MR) is 129 cm³/mol. The topological polar surface area (TPSA) is 52.6 Å². The molecule has 0 spiro atoms. The zero-order valence-corrected chi connectivity index (χ0v) is 18.4. The Morgan fingerprint density at radius 3 is 1.79 bits per heavy atom. The fraction of sp³-hybridized carbons (Fsp3) is 0.133. The van der Waals surface area contributed by atoms with Crippen molar-refractivity contribution in [3.8, 4) is 22.3 Å². The zero-order chi connectivity index (χ0) is 23.1. The summed E-state index contributed by atoms with van der Waals surface area (Å²) in [4.78, 5) is 24.2. The van der Waals surface area contributed by atoms with Crippen LogP contribution in [-0.2, 0) is 14.3 Å². The highest BCUT2D eigenvalue weighted by molar-refractivity contribution is 5.96. The molecule has 0 aliphatic heterocycles. The number of hydrogen-bond acceptors (Lipinski definition) is 4. The van der Waals surface area contributed by atoms with Crippen molar-refractivity contribution in [3.63, 3.8) is 0 Å². The van der Waals surface area contributed by atoms with Gasteiger partial charge in [-0.05, 0) is 50.6 Å². The monoisotopic (exact) mass is 445 g/mol. The molecule has 0 saturated heterocycles. The van der Waals surface area contributed by atoms with E-state index in [1.165, 1.54) is 28.7 Å².